The smallest absolute Gasteiger partial charge is 0.271 e. The molecular formula is C36H35N9O2. The van der Waals surface area contributed by atoms with Crippen molar-refractivity contribution in [2.45, 2.75) is 13.1 Å². The van der Waals surface area contributed by atoms with E-state index in [-0.39, 0.29) is 5.69 Å². The van der Waals surface area contributed by atoms with Gasteiger partial charge in [-0.1, -0.05) is 66.7 Å². The van der Waals surface area contributed by atoms with Gasteiger partial charge in [0.15, 0.2) is 17.0 Å². The zero-order valence-electron chi connectivity index (χ0n) is 26.1. The van der Waals surface area contributed by atoms with E-state index in [1.165, 1.54) is 17.8 Å². The van der Waals surface area contributed by atoms with Crippen LogP contribution >= 0.6 is 0 Å². The van der Waals surface area contributed by atoms with E-state index >= 15 is 0 Å². The molecule has 236 valence electrons. The van der Waals surface area contributed by atoms with Gasteiger partial charge in [0.2, 0.25) is 5.95 Å². The maximum atomic E-state index is 11.6. The van der Waals surface area contributed by atoms with E-state index in [1.807, 2.05) is 54.6 Å². The van der Waals surface area contributed by atoms with Gasteiger partial charge in [-0.15, -0.1) is 0 Å². The van der Waals surface area contributed by atoms with Crippen LogP contribution in [0.15, 0.2) is 116 Å². The molecule has 1 aliphatic rings. The third kappa shape index (κ3) is 6.75. The normalized spacial score (nSPS) is 13.5. The van der Waals surface area contributed by atoms with E-state index in [1.54, 1.807) is 17.0 Å². The van der Waals surface area contributed by atoms with E-state index in [0.29, 0.717) is 41.7 Å². The van der Waals surface area contributed by atoms with Crippen LogP contribution < -0.4 is 15.1 Å². The zero-order chi connectivity index (χ0) is 32.2. The molecule has 7 rings (SSSR count). The fourth-order valence-corrected chi connectivity index (χ4v) is 5.87. The summed E-state index contributed by atoms with van der Waals surface area (Å²) in [6.45, 7) is 5.24. The Hall–Kier alpha value is -5.81. The Morgan fingerprint density at radius 3 is 2.09 bits per heavy atom. The number of non-ortho nitro benzene ring substituents is 1. The van der Waals surface area contributed by atoms with Crippen molar-refractivity contribution in [2.24, 2.45) is 0 Å². The Morgan fingerprint density at radius 1 is 0.787 bits per heavy atom. The Balaban J connectivity index is 1.31. The highest BCUT2D eigenvalue weighted by Crippen LogP contribution is 2.31. The molecule has 1 N–H and O–H groups in total. The van der Waals surface area contributed by atoms with Gasteiger partial charge in [0, 0.05) is 62.8 Å². The average Bonchev–Trinajstić information content (AvgIpc) is 3.53. The quantitative estimate of drug-likeness (QED) is 0.136. The van der Waals surface area contributed by atoms with E-state index in [0.717, 1.165) is 43.0 Å². The van der Waals surface area contributed by atoms with Crippen LogP contribution in [0.2, 0.25) is 0 Å². The van der Waals surface area contributed by atoms with Gasteiger partial charge in [-0.05, 0) is 48.5 Å². The lowest BCUT2D eigenvalue weighted by Gasteiger charge is -2.34. The van der Waals surface area contributed by atoms with Gasteiger partial charge < -0.3 is 20.0 Å². The Bertz CT molecular complexity index is 1930. The number of nitro benzene ring substituents is 1. The summed E-state index contributed by atoms with van der Waals surface area (Å²) in [4.78, 5) is 32.9. The van der Waals surface area contributed by atoms with Gasteiger partial charge in [0.05, 0.1) is 10.6 Å². The zero-order valence-corrected chi connectivity index (χ0v) is 26.1. The van der Waals surface area contributed by atoms with Crippen molar-refractivity contribution in [3.05, 3.63) is 137 Å². The van der Waals surface area contributed by atoms with E-state index in [9.17, 15) is 10.1 Å². The van der Waals surface area contributed by atoms with E-state index in [4.69, 9.17) is 15.0 Å². The van der Waals surface area contributed by atoms with Crippen LogP contribution in [-0.2, 0) is 13.1 Å². The number of anilines is 4. The topological polar surface area (TPSA) is 108 Å². The number of nitro groups is 1. The van der Waals surface area contributed by atoms with Crippen LogP contribution in [-0.4, -0.2) is 62.6 Å². The molecule has 0 radical (unpaired) electrons. The molecule has 0 unspecified atom stereocenters. The van der Waals surface area contributed by atoms with Gasteiger partial charge in [-0.2, -0.15) is 9.97 Å². The number of hydrogen-bond donors (Lipinski definition) is 1. The number of rotatable bonds is 10. The van der Waals surface area contributed by atoms with Crippen molar-refractivity contribution in [3.8, 4) is 5.69 Å². The molecule has 4 aromatic carbocycles. The molecule has 11 nitrogen and oxygen atoms in total. The molecule has 1 fully saturated rings. The molecule has 0 aliphatic carbocycles. The highest BCUT2D eigenvalue weighted by atomic mass is 16.6. The summed E-state index contributed by atoms with van der Waals surface area (Å²) < 4.78 is 1.78. The monoisotopic (exact) mass is 625 g/mol. The lowest BCUT2D eigenvalue weighted by Crippen LogP contribution is -2.44. The molecule has 11 heteroatoms. The minimum absolute atomic E-state index is 0.00722. The summed E-state index contributed by atoms with van der Waals surface area (Å²) in [5.41, 5.74) is 6.01. The summed E-state index contributed by atoms with van der Waals surface area (Å²) in [6, 6.07) is 35.3. The number of imidazole rings is 1. The maximum Gasteiger partial charge on any atom is 0.271 e. The molecule has 0 spiro atoms. The lowest BCUT2D eigenvalue weighted by atomic mass is 10.1. The van der Waals surface area contributed by atoms with Gasteiger partial charge in [0.25, 0.3) is 5.69 Å². The number of fused-ring (bicyclic) bond motifs is 1. The van der Waals surface area contributed by atoms with Crippen LogP contribution in [0.5, 0.6) is 0 Å². The molecular weight excluding hydrogens is 590 g/mol. The van der Waals surface area contributed by atoms with Crippen molar-refractivity contribution >= 4 is 40.0 Å². The molecule has 0 amide bonds. The molecule has 0 atom stereocenters. The highest BCUT2D eigenvalue weighted by Gasteiger charge is 2.21. The van der Waals surface area contributed by atoms with Crippen molar-refractivity contribution in [1.82, 2.24) is 24.4 Å². The molecule has 47 heavy (non-hydrogen) atoms. The number of aromatic nitrogens is 4. The first kappa shape index (κ1) is 29.9. The van der Waals surface area contributed by atoms with Crippen LogP contribution in [0.4, 0.5) is 28.8 Å². The average molecular weight is 626 g/mol. The lowest BCUT2D eigenvalue weighted by molar-refractivity contribution is -0.384. The molecule has 3 heterocycles. The van der Waals surface area contributed by atoms with Crippen molar-refractivity contribution < 1.29 is 4.92 Å². The Morgan fingerprint density at radius 2 is 1.45 bits per heavy atom. The summed E-state index contributed by atoms with van der Waals surface area (Å²) >= 11 is 0. The predicted octanol–water partition coefficient (Wildman–Crippen LogP) is 6.43. The first-order chi connectivity index (χ1) is 23.0. The maximum absolute atomic E-state index is 11.6. The Kier molecular flexibility index (Phi) is 8.44. The molecule has 6 aromatic rings. The van der Waals surface area contributed by atoms with Gasteiger partial charge in [-0.25, -0.2) is 4.98 Å². The van der Waals surface area contributed by atoms with E-state index < -0.39 is 4.92 Å². The second-order valence-electron chi connectivity index (χ2n) is 11.7. The SMILES string of the molecule is CN1CCN(c2ccc(Nc3nc(N(Cc4ccccc4)Cc4ccccc4)c4ncn(-c5cccc([N+](=O)[O-])c5)c4n3)cc2)CC1. The minimum atomic E-state index is -0.400. The van der Waals surface area contributed by atoms with Crippen LogP contribution in [0.3, 0.4) is 0 Å². The number of nitrogens with one attached hydrogen (secondary N) is 1. The molecule has 0 saturated carbocycles. The summed E-state index contributed by atoms with van der Waals surface area (Å²) in [5.74, 6) is 1.06. The van der Waals surface area contributed by atoms with Crippen molar-refractivity contribution in [1.29, 1.82) is 0 Å². The number of piperazine rings is 1. The summed E-state index contributed by atoms with van der Waals surface area (Å²) in [5, 5.41) is 15.0. The van der Waals surface area contributed by atoms with Crippen LogP contribution in [0, 0.1) is 10.1 Å². The highest BCUT2D eigenvalue weighted by molar-refractivity contribution is 5.86. The third-order valence-corrected chi connectivity index (χ3v) is 8.42. The molecule has 1 saturated heterocycles. The van der Waals surface area contributed by atoms with Gasteiger partial charge >= 0.3 is 0 Å². The largest absolute Gasteiger partial charge is 0.369 e. The third-order valence-electron chi connectivity index (χ3n) is 8.42. The number of nitrogens with zero attached hydrogens (tertiary/aromatic N) is 8. The number of likely N-dealkylation sites (N-methyl/N-ethyl adjacent to an activating group) is 1. The van der Waals surface area contributed by atoms with Gasteiger partial charge in [0.1, 0.15) is 6.33 Å². The number of hydrogen-bond acceptors (Lipinski definition) is 9. The first-order valence-electron chi connectivity index (χ1n) is 15.6. The summed E-state index contributed by atoms with van der Waals surface area (Å²) in [6.07, 6.45) is 1.65. The standard InChI is InChI=1S/C36H35N9O2/c1-41-19-21-42(22-20-41)30-17-15-29(16-18-30)38-36-39-34(43(24-27-9-4-2-5-10-27)25-28-11-6-3-7-12-28)33-35(40-36)44(26-37-33)31-13-8-14-32(23-31)45(46)47/h2-18,23,26H,19-22,24-25H2,1H3,(H,38,39,40). The fraction of sp³-hybridized carbons (Fsp3) is 0.194. The van der Waals surface area contributed by atoms with Crippen molar-refractivity contribution in [3.63, 3.8) is 0 Å². The fourth-order valence-electron chi connectivity index (χ4n) is 5.87. The van der Waals surface area contributed by atoms with Crippen LogP contribution in [0.1, 0.15) is 11.1 Å². The summed E-state index contributed by atoms with van der Waals surface area (Å²) in [7, 11) is 2.15. The second kappa shape index (κ2) is 13.3. The molecule has 1 aliphatic heterocycles. The van der Waals surface area contributed by atoms with Crippen molar-refractivity contribution in [2.75, 3.05) is 48.3 Å². The van der Waals surface area contributed by atoms with Gasteiger partial charge in [-0.3, -0.25) is 14.7 Å². The molecule has 2 aromatic heterocycles. The minimum Gasteiger partial charge on any atom is -0.369 e. The van der Waals surface area contributed by atoms with E-state index in [2.05, 4.69) is 63.5 Å². The van der Waals surface area contributed by atoms with Crippen LogP contribution in [0.25, 0.3) is 16.9 Å². The predicted molar refractivity (Wildman–Crippen MR) is 186 cm³/mol. The molecule has 0 bridgehead atoms. The second-order valence-corrected chi connectivity index (χ2v) is 11.7. The number of benzene rings is 4. The first-order valence-corrected chi connectivity index (χ1v) is 15.6. The Labute approximate surface area is 272 Å².